The molecule has 18 nitrogen and oxygen atoms in total. The molecule has 70 heavy (non-hydrogen) atoms. The predicted molar refractivity (Wildman–Crippen MR) is 267 cm³/mol. The minimum absolute atomic E-state index is 0.00743. The van der Waals surface area contributed by atoms with E-state index >= 15 is 0 Å². The van der Waals surface area contributed by atoms with Gasteiger partial charge in [0.1, 0.15) is 22.8 Å². The standard InChI is InChI=1S/C50H77N3O15P2/c1-13-18-21-24-40(41(16-4)53(34-54)66-48(57)45-36(6)23-22-25-43(45)61-35-64-70(59,67-49(7,8)9)68-50(10,11)12)46(55)51-33-52-47(56)44-27-26-42(65-44)37-30-38(60-17-5)32-39(31-37)69(58,62-28-19-14-2)63-29-20-15-3/h22-23,25-27,30-32,34,40-41H,13-21,24,28-29,33,35H2,1-12H3,(H,51,55)(H,52,56)/t40-,41-/m1/s1. The van der Waals surface area contributed by atoms with Crippen LogP contribution in [0.4, 0.5) is 0 Å². The molecule has 1 heterocycles. The summed E-state index contributed by atoms with van der Waals surface area (Å²) < 4.78 is 74.0. The molecule has 0 saturated carbocycles. The van der Waals surface area contributed by atoms with Crippen molar-refractivity contribution < 1.29 is 69.7 Å². The van der Waals surface area contributed by atoms with Crippen LogP contribution in [0.2, 0.25) is 0 Å². The van der Waals surface area contributed by atoms with Crippen LogP contribution in [0.3, 0.4) is 0 Å². The third kappa shape index (κ3) is 19.2. The maximum Gasteiger partial charge on any atom is 0.478 e. The molecule has 0 unspecified atom stereocenters. The van der Waals surface area contributed by atoms with Crippen molar-refractivity contribution in [2.24, 2.45) is 5.92 Å². The molecule has 0 spiro atoms. The zero-order valence-corrected chi connectivity index (χ0v) is 45.0. The summed E-state index contributed by atoms with van der Waals surface area (Å²) in [6.45, 7) is 21.3. The van der Waals surface area contributed by atoms with Gasteiger partial charge in [-0.05, 0) is 123 Å². The topological polar surface area (TPSA) is 217 Å². The van der Waals surface area contributed by atoms with E-state index in [4.69, 9.17) is 41.3 Å². The van der Waals surface area contributed by atoms with Gasteiger partial charge in [-0.1, -0.05) is 71.9 Å². The highest BCUT2D eigenvalue weighted by Gasteiger charge is 2.38. The van der Waals surface area contributed by atoms with Gasteiger partial charge >= 0.3 is 21.4 Å². The van der Waals surface area contributed by atoms with Gasteiger partial charge in [0, 0.05) is 5.56 Å². The van der Waals surface area contributed by atoms with Gasteiger partial charge in [-0.25, -0.2) is 13.9 Å². The van der Waals surface area contributed by atoms with Gasteiger partial charge in [-0.3, -0.25) is 28.0 Å². The molecule has 392 valence electrons. The normalized spacial score (nSPS) is 13.0. The average Bonchev–Trinajstić information content (AvgIpc) is 3.78. The first-order chi connectivity index (χ1) is 33.1. The van der Waals surface area contributed by atoms with Gasteiger partial charge < -0.3 is 38.4 Å². The molecule has 2 atom stereocenters. The lowest BCUT2D eigenvalue weighted by Crippen LogP contribution is -2.49. The Hall–Kier alpha value is -4.54. The van der Waals surface area contributed by atoms with Crippen LogP contribution in [0.1, 0.15) is 160 Å². The molecule has 20 heteroatoms. The lowest BCUT2D eigenvalue weighted by Gasteiger charge is -2.32. The van der Waals surface area contributed by atoms with E-state index in [2.05, 4.69) is 10.6 Å². The molecule has 3 aromatic rings. The van der Waals surface area contributed by atoms with Crippen molar-refractivity contribution in [3.05, 3.63) is 65.4 Å². The Bertz CT molecular complexity index is 2200. The number of benzene rings is 2. The number of phosphoric ester groups is 1. The maximum absolute atomic E-state index is 14.2. The largest absolute Gasteiger partial charge is 0.494 e. The van der Waals surface area contributed by atoms with Crippen LogP contribution in [0.5, 0.6) is 11.5 Å². The summed E-state index contributed by atoms with van der Waals surface area (Å²) in [5, 5.41) is 6.53. The number of carbonyl (C=O) groups excluding carboxylic acids is 4. The van der Waals surface area contributed by atoms with Gasteiger partial charge in [0.25, 0.3) is 5.91 Å². The molecule has 0 fully saturated rings. The maximum atomic E-state index is 14.2. The fourth-order valence-corrected chi connectivity index (χ4v) is 10.4. The van der Waals surface area contributed by atoms with Gasteiger partial charge in [0.05, 0.1) is 55.0 Å². The second-order valence-corrected chi connectivity index (χ2v) is 22.1. The summed E-state index contributed by atoms with van der Waals surface area (Å²) >= 11 is 0. The van der Waals surface area contributed by atoms with E-state index in [1.807, 2.05) is 27.7 Å². The number of phosphoric acid groups is 1. The minimum atomic E-state index is -4.17. The molecular formula is C50H77N3O15P2. The molecule has 0 bridgehead atoms. The minimum Gasteiger partial charge on any atom is -0.494 e. The van der Waals surface area contributed by atoms with E-state index in [9.17, 15) is 28.3 Å². The van der Waals surface area contributed by atoms with Crippen LogP contribution < -0.4 is 25.4 Å². The molecule has 0 aliphatic heterocycles. The molecule has 0 aliphatic carbocycles. The van der Waals surface area contributed by atoms with Crippen molar-refractivity contribution in [2.75, 3.05) is 33.3 Å². The summed E-state index contributed by atoms with van der Waals surface area (Å²) in [6, 6.07) is 11.9. The first-order valence-corrected chi connectivity index (χ1v) is 27.2. The Balaban J connectivity index is 1.79. The highest BCUT2D eigenvalue weighted by molar-refractivity contribution is 7.62. The van der Waals surface area contributed by atoms with Gasteiger partial charge in [-0.15, -0.1) is 0 Å². The lowest BCUT2D eigenvalue weighted by atomic mass is 9.90. The summed E-state index contributed by atoms with van der Waals surface area (Å²) in [5.41, 5.74) is -0.917. The zero-order chi connectivity index (χ0) is 52.1. The molecule has 1 aromatic heterocycles. The van der Waals surface area contributed by atoms with E-state index in [0.29, 0.717) is 60.9 Å². The highest BCUT2D eigenvalue weighted by Crippen LogP contribution is 2.55. The molecule has 3 amide bonds. The molecule has 0 saturated heterocycles. The Morgan fingerprint density at radius 2 is 1.43 bits per heavy atom. The van der Waals surface area contributed by atoms with Gasteiger partial charge in [-0.2, -0.15) is 5.06 Å². The number of rotatable bonds is 32. The van der Waals surface area contributed by atoms with E-state index in [1.165, 1.54) is 12.1 Å². The van der Waals surface area contributed by atoms with E-state index in [1.54, 1.807) is 91.8 Å². The first kappa shape index (κ1) is 59.8. The van der Waals surface area contributed by atoms with Crippen LogP contribution in [0.25, 0.3) is 11.3 Å². The Morgan fingerprint density at radius 3 is 2.00 bits per heavy atom. The number of unbranched alkanes of at least 4 members (excludes halogenated alkanes) is 4. The summed E-state index contributed by atoms with van der Waals surface area (Å²) in [6.07, 6.45) is 6.26. The second-order valence-electron chi connectivity index (χ2n) is 18.5. The van der Waals surface area contributed by atoms with Crippen LogP contribution in [-0.4, -0.2) is 79.8 Å². The molecule has 0 aliphatic rings. The van der Waals surface area contributed by atoms with Gasteiger partial charge in [0.15, 0.2) is 12.6 Å². The van der Waals surface area contributed by atoms with E-state index in [-0.39, 0.29) is 49.1 Å². The number of ether oxygens (including phenoxy) is 2. The molecule has 2 N–H and O–H groups in total. The number of amides is 3. The molecule has 3 rings (SSSR count). The Morgan fingerprint density at radius 1 is 0.786 bits per heavy atom. The number of hydroxylamine groups is 2. The van der Waals surface area contributed by atoms with E-state index in [0.717, 1.165) is 30.7 Å². The molecule has 2 aromatic carbocycles. The lowest BCUT2D eigenvalue weighted by molar-refractivity contribution is -0.171. The third-order valence-electron chi connectivity index (χ3n) is 10.3. The van der Waals surface area contributed by atoms with Crippen molar-refractivity contribution in [3.63, 3.8) is 0 Å². The predicted octanol–water partition coefficient (Wildman–Crippen LogP) is 11.2. The van der Waals surface area contributed by atoms with Crippen molar-refractivity contribution in [2.45, 2.75) is 158 Å². The first-order valence-electron chi connectivity index (χ1n) is 24.2. The van der Waals surface area contributed by atoms with Gasteiger partial charge in [0.2, 0.25) is 12.3 Å². The summed E-state index contributed by atoms with van der Waals surface area (Å²) in [4.78, 5) is 59.7. The zero-order valence-electron chi connectivity index (χ0n) is 43.2. The Labute approximate surface area is 414 Å². The number of hydrogen-bond donors (Lipinski definition) is 2. The van der Waals surface area contributed by atoms with Crippen LogP contribution >= 0.6 is 15.4 Å². The van der Waals surface area contributed by atoms with Crippen LogP contribution in [0.15, 0.2) is 52.9 Å². The fraction of sp³-hybridized carbons (Fsp3) is 0.600. The number of nitrogens with zero attached hydrogens (tertiary/aromatic N) is 1. The second kappa shape index (κ2) is 28.5. The summed E-state index contributed by atoms with van der Waals surface area (Å²) in [7, 11) is -7.92. The number of hydrogen-bond acceptors (Lipinski definition) is 15. The van der Waals surface area contributed by atoms with Crippen molar-refractivity contribution >= 4 is 44.9 Å². The van der Waals surface area contributed by atoms with Crippen molar-refractivity contribution in [3.8, 4) is 22.8 Å². The van der Waals surface area contributed by atoms with Crippen LogP contribution in [-0.2, 0) is 46.2 Å². The number of nitrogens with one attached hydrogen (secondary N) is 2. The SMILES string of the molecule is CCCCC[C@@H](C(=O)NCNC(=O)c1ccc(-c2cc(OCC)cc(P(=O)(OCCCC)OCCCC)c2)o1)[C@@H](CC)N(C=O)OC(=O)c1c(C)cccc1OCOP(=O)(OC(C)(C)C)OC(C)(C)C. The highest BCUT2D eigenvalue weighted by atomic mass is 31.2. The molecular weight excluding hydrogens is 945 g/mol. The fourth-order valence-electron chi connectivity index (χ4n) is 7.01. The molecule has 0 radical (unpaired) electrons. The average molecular weight is 1020 g/mol. The number of furan rings is 1. The smallest absolute Gasteiger partial charge is 0.478 e. The van der Waals surface area contributed by atoms with Crippen molar-refractivity contribution in [1.29, 1.82) is 0 Å². The van der Waals surface area contributed by atoms with Crippen LogP contribution in [0, 0.1) is 12.8 Å². The monoisotopic (exact) mass is 1020 g/mol. The summed E-state index contributed by atoms with van der Waals surface area (Å²) in [5.74, 6) is -2.28. The van der Waals surface area contributed by atoms with Crippen molar-refractivity contribution in [1.82, 2.24) is 15.7 Å². The third-order valence-corrected chi connectivity index (χ3v) is 14.2. The number of aryl methyl sites for hydroxylation is 1. The quantitative estimate of drug-likeness (QED) is 0.0195. The van der Waals surface area contributed by atoms with E-state index < -0.39 is 63.2 Å². The Kier molecular flexibility index (Phi) is 24.3. The number of carbonyl (C=O) groups is 4.